The molecule has 8 nitrogen and oxygen atoms in total. The topological polar surface area (TPSA) is 106 Å². The van der Waals surface area contributed by atoms with Gasteiger partial charge in [-0.3, -0.25) is 4.79 Å². The van der Waals surface area contributed by atoms with Crippen molar-refractivity contribution in [3.63, 3.8) is 0 Å². The van der Waals surface area contributed by atoms with E-state index in [4.69, 9.17) is 0 Å². The van der Waals surface area contributed by atoms with Crippen LogP contribution in [0.15, 0.2) is 40.6 Å². The number of aromatic nitrogens is 3. The minimum absolute atomic E-state index is 0.128. The van der Waals surface area contributed by atoms with Crippen molar-refractivity contribution in [1.29, 1.82) is 0 Å². The number of benzene rings is 1. The molecule has 0 aliphatic carbocycles. The van der Waals surface area contributed by atoms with E-state index in [-0.39, 0.29) is 22.6 Å². The zero-order valence-electron chi connectivity index (χ0n) is 15.7. The highest BCUT2D eigenvalue weighted by Gasteiger charge is 2.15. The highest BCUT2D eigenvalue weighted by atomic mass is 32.2. The molecule has 0 bridgehead atoms. The molecule has 27 heavy (non-hydrogen) atoms. The van der Waals surface area contributed by atoms with Gasteiger partial charge in [-0.05, 0) is 38.5 Å². The molecule has 10 heteroatoms. The molecule has 0 spiro atoms. The maximum atomic E-state index is 12.3. The van der Waals surface area contributed by atoms with E-state index in [1.54, 1.807) is 18.5 Å². The second-order valence-corrected chi connectivity index (χ2v) is 8.94. The first-order valence-corrected chi connectivity index (χ1v) is 11.2. The summed E-state index contributed by atoms with van der Waals surface area (Å²) in [6, 6.07) is 6.42. The monoisotopic (exact) mass is 411 g/mol. The zero-order chi connectivity index (χ0) is 19.9. The van der Waals surface area contributed by atoms with Gasteiger partial charge in [-0.15, -0.1) is 10.2 Å². The van der Waals surface area contributed by atoms with Crippen LogP contribution in [0.25, 0.3) is 0 Å². The van der Waals surface area contributed by atoms with Gasteiger partial charge in [0.2, 0.25) is 15.9 Å². The lowest BCUT2D eigenvalue weighted by Crippen LogP contribution is -2.25. The lowest BCUT2D eigenvalue weighted by atomic mass is 10.3. The van der Waals surface area contributed by atoms with E-state index in [1.165, 1.54) is 23.9 Å². The van der Waals surface area contributed by atoms with Crippen molar-refractivity contribution in [1.82, 2.24) is 19.5 Å². The largest absolute Gasteiger partial charge is 0.325 e. The predicted molar refractivity (Wildman–Crippen MR) is 106 cm³/mol. The van der Waals surface area contributed by atoms with Crippen LogP contribution in [0, 0.1) is 0 Å². The molecule has 0 unspecified atom stereocenters. The molecule has 1 aromatic heterocycles. The summed E-state index contributed by atoms with van der Waals surface area (Å²) in [7, 11) is -3.58. The molecule has 148 valence electrons. The van der Waals surface area contributed by atoms with Crippen LogP contribution in [0.4, 0.5) is 5.69 Å². The van der Waals surface area contributed by atoms with Crippen LogP contribution < -0.4 is 10.0 Å². The molecular weight excluding hydrogens is 386 g/mol. The van der Waals surface area contributed by atoms with Crippen LogP contribution in [0.2, 0.25) is 0 Å². The number of sulfonamides is 1. The highest BCUT2D eigenvalue weighted by molar-refractivity contribution is 7.99. The Kier molecular flexibility index (Phi) is 7.81. The van der Waals surface area contributed by atoms with E-state index in [0.29, 0.717) is 17.4 Å². The van der Waals surface area contributed by atoms with Gasteiger partial charge < -0.3 is 9.88 Å². The molecule has 0 saturated heterocycles. The van der Waals surface area contributed by atoms with Crippen LogP contribution in [0.3, 0.4) is 0 Å². The smallest absolute Gasteiger partial charge is 0.240 e. The average molecular weight is 412 g/mol. The van der Waals surface area contributed by atoms with Crippen molar-refractivity contribution in [3.8, 4) is 0 Å². The van der Waals surface area contributed by atoms with Crippen LogP contribution in [0.5, 0.6) is 0 Å². The SMILES string of the molecule is CCCCNS(=O)(=O)c1cccc(NC(=O)CSc2nncn2C(C)C)c1. The highest BCUT2D eigenvalue weighted by Crippen LogP contribution is 2.20. The van der Waals surface area contributed by atoms with Gasteiger partial charge in [0.1, 0.15) is 6.33 Å². The van der Waals surface area contributed by atoms with E-state index < -0.39 is 10.0 Å². The number of nitrogens with zero attached hydrogens (tertiary/aromatic N) is 3. The Hall–Kier alpha value is -1.91. The number of carbonyl (C=O) groups excluding carboxylic acids is 1. The first kappa shape index (κ1) is 21.4. The molecule has 0 aliphatic heterocycles. The summed E-state index contributed by atoms with van der Waals surface area (Å²) < 4.78 is 29.0. The Bertz CT molecular complexity index is 865. The number of carbonyl (C=O) groups is 1. The summed E-state index contributed by atoms with van der Waals surface area (Å²) in [5.74, 6) is -0.0938. The Balaban J connectivity index is 1.97. The summed E-state index contributed by atoms with van der Waals surface area (Å²) in [6.07, 6.45) is 3.31. The third kappa shape index (κ3) is 6.33. The lowest BCUT2D eigenvalue weighted by molar-refractivity contribution is -0.113. The van der Waals surface area contributed by atoms with Gasteiger partial charge in [-0.1, -0.05) is 31.2 Å². The van der Waals surface area contributed by atoms with Crippen LogP contribution in [-0.4, -0.2) is 41.4 Å². The standard InChI is InChI=1S/C17H25N5O3S2/c1-4-5-9-19-27(24,25)15-8-6-7-14(10-15)20-16(23)11-26-17-21-18-12-22(17)13(2)3/h6-8,10,12-13,19H,4-5,9,11H2,1-3H3,(H,20,23). The van der Waals surface area contributed by atoms with Gasteiger partial charge in [-0.25, -0.2) is 13.1 Å². The molecule has 2 rings (SSSR count). The fraction of sp³-hybridized carbons (Fsp3) is 0.471. The van der Waals surface area contributed by atoms with Crippen LogP contribution >= 0.6 is 11.8 Å². The second-order valence-electron chi connectivity index (χ2n) is 6.23. The maximum absolute atomic E-state index is 12.3. The summed E-state index contributed by atoms with van der Waals surface area (Å²) in [5.41, 5.74) is 0.435. The van der Waals surface area contributed by atoms with E-state index in [1.807, 2.05) is 25.3 Å². The molecule has 0 atom stereocenters. The first-order valence-electron chi connectivity index (χ1n) is 8.75. The minimum atomic E-state index is -3.58. The molecule has 1 amide bonds. The van der Waals surface area contributed by atoms with Gasteiger partial charge >= 0.3 is 0 Å². The normalized spacial score (nSPS) is 11.7. The van der Waals surface area contributed by atoms with Gasteiger partial charge in [0.05, 0.1) is 10.6 Å². The van der Waals surface area contributed by atoms with Crippen molar-refractivity contribution in [2.75, 3.05) is 17.6 Å². The quantitative estimate of drug-likeness (QED) is 0.460. The second kappa shape index (κ2) is 9.86. The van der Waals surface area contributed by atoms with E-state index in [0.717, 1.165) is 12.8 Å². The van der Waals surface area contributed by atoms with Crippen molar-refractivity contribution in [3.05, 3.63) is 30.6 Å². The number of hydrogen-bond donors (Lipinski definition) is 2. The Labute approximate surface area is 164 Å². The number of amides is 1. The number of rotatable bonds is 10. The Morgan fingerprint density at radius 2 is 2.11 bits per heavy atom. The van der Waals surface area contributed by atoms with Crippen molar-refractivity contribution < 1.29 is 13.2 Å². The lowest BCUT2D eigenvalue weighted by Gasteiger charge is -2.10. The Morgan fingerprint density at radius 3 is 2.81 bits per heavy atom. The molecule has 2 N–H and O–H groups in total. The third-order valence-electron chi connectivity index (χ3n) is 3.68. The molecule has 0 fully saturated rings. The fourth-order valence-electron chi connectivity index (χ4n) is 2.22. The molecule has 2 aromatic rings. The fourth-order valence-corrected chi connectivity index (χ4v) is 4.19. The van der Waals surface area contributed by atoms with Gasteiger partial charge in [0, 0.05) is 18.3 Å². The summed E-state index contributed by atoms with van der Waals surface area (Å²) in [6.45, 7) is 6.40. The zero-order valence-corrected chi connectivity index (χ0v) is 17.3. The van der Waals surface area contributed by atoms with Crippen molar-refractivity contribution in [2.45, 2.75) is 49.7 Å². The van der Waals surface area contributed by atoms with Gasteiger partial charge in [0.25, 0.3) is 0 Å². The van der Waals surface area contributed by atoms with Crippen LogP contribution in [-0.2, 0) is 14.8 Å². The molecule has 0 saturated carbocycles. The van der Waals surface area contributed by atoms with Gasteiger partial charge in [-0.2, -0.15) is 0 Å². The number of nitrogens with one attached hydrogen (secondary N) is 2. The van der Waals surface area contributed by atoms with E-state index >= 15 is 0 Å². The number of anilines is 1. The predicted octanol–water partition coefficient (Wildman–Crippen LogP) is 2.67. The van der Waals surface area contributed by atoms with Gasteiger partial charge in [0.15, 0.2) is 5.16 Å². The summed E-state index contributed by atoms with van der Waals surface area (Å²) in [5, 5.41) is 11.3. The molecular formula is C17H25N5O3S2. The van der Waals surface area contributed by atoms with Crippen molar-refractivity contribution >= 4 is 33.4 Å². The van der Waals surface area contributed by atoms with Crippen molar-refractivity contribution in [2.24, 2.45) is 0 Å². The van der Waals surface area contributed by atoms with E-state index in [9.17, 15) is 13.2 Å². The molecule has 1 heterocycles. The Morgan fingerprint density at radius 1 is 1.33 bits per heavy atom. The third-order valence-corrected chi connectivity index (χ3v) is 6.10. The first-order chi connectivity index (χ1) is 12.8. The number of thioether (sulfide) groups is 1. The summed E-state index contributed by atoms with van der Waals surface area (Å²) >= 11 is 1.28. The average Bonchev–Trinajstić information content (AvgIpc) is 3.09. The van der Waals surface area contributed by atoms with Crippen LogP contribution in [0.1, 0.15) is 39.7 Å². The molecule has 0 aliphatic rings. The number of unbranched alkanes of at least 4 members (excludes halogenated alkanes) is 1. The summed E-state index contributed by atoms with van der Waals surface area (Å²) in [4.78, 5) is 12.3. The molecule has 0 radical (unpaired) electrons. The molecule has 1 aromatic carbocycles. The maximum Gasteiger partial charge on any atom is 0.240 e. The van der Waals surface area contributed by atoms with E-state index in [2.05, 4.69) is 20.2 Å². The minimum Gasteiger partial charge on any atom is -0.325 e. The number of hydrogen-bond acceptors (Lipinski definition) is 6.